The lowest BCUT2D eigenvalue weighted by atomic mass is 9.90. The lowest BCUT2D eigenvalue weighted by molar-refractivity contribution is 0.628. The fraction of sp³-hybridized carbons (Fsp3) is 0.222. The highest BCUT2D eigenvalue weighted by molar-refractivity contribution is 6.15. The van der Waals surface area contributed by atoms with Crippen LogP contribution in [-0.2, 0) is 0 Å². The van der Waals surface area contributed by atoms with Gasteiger partial charge in [0.25, 0.3) is 0 Å². The molecule has 0 fully saturated rings. The maximum absolute atomic E-state index is 13.4. The molecule has 0 saturated heterocycles. The summed E-state index contributed by atoms with van der Waals surface area (Å²) in [5, 5.41) is 0. The van der Waals surface area contributed by atoms with Crippen LogP contribution in [0.3, 0.4) is 0 Å². The van der Waals surface area contributed by atoms with Crippen molar-refractivity contribution in [3.8, 4) is 0 Å². The average molecular weight is 386 g/mol. The van der Waals surface area contributed by atoms with E-state index >= 15 is 0 Å². The summed E-state index contributed by atoms with van der Waals surface area (Å²) in [5.41, 5.74) is 6.27. The summed E-state index contributed by atoms with van der Waals surface area (Å²) in [6, 6.07) is 16.9. The van der Waals surface area contributed by atoms with E-state index in [4.69, 9.17) is 4.99 Å². The smallest absolute Gasteiger partial charge is 0.123 e. The lowest BCUT2D eigenvalue weighted by Gasteiger charge is -2.16. The molecule has 0 heterocycles. The van der Waals surface area contributed by atoms with Crippen LogP contribution in [0.5, 0.6) is 0 Å². The zero-order valence-electron chi connectivity index (χ0n) is 17.4. The molecule has 1 aliphatic rings. The number of benzene rings is 2. The van der Waals surface area contributed by atoms with Gasteiger partial charge in [0.15, 0.2) is 0 Å². The molecule has 2 aromatic rings. The van der Waals surface area contributed by atoms with E-state index in [0.717, 1.165) is 46.5 Å². The molecule has 0 bridgehead atoms. The molecule has 0 amide bonds. The van der Waals surface area contributed by atoms with Crippen LogP contribution in [-0.4, -0.2) is 5.71 Å². The summed E-state index contributed by atoms with van der Waals surface area (Å²) in [4.78, 5) is 4.91. The maximum Gasteiger partial charge on any atom is 0.123 e. The second-order valence-corrected chi connectivity index (χ2v) is 7.61. The van der Waals surface area contributed by atoms with Gasteiger partial charge in [0.05, 0.1) is 5.70 Å². The highest BCUT2D eigenvalue weighted by atomic mass is 19.1. The predicted octanol–water partition coefficient (Wildman–Crippen LogP) is 7.64. The van der Waals surface area contributed by atoms with Crippen LogP contribution in [0.4, 0.5) is 4.39 Å². The molecule has 1 nitrogen and oxygen atoms in total. The van der Waals surface area contributed by atoms with Gasteiger partial charge >= 0.3 is 0 Å². The van der Waals surface area contributed by atoms with E-state index in [-0.39, 0.29) is 5.82 Å². The summed E-state index contributed by atoms with van der Waals surface area (Å²) in [6.45, 7) is 6.42. The first-order valence-corrected chi connectivity index (χ1v) is 10.2. The van der Waals surface area contributed by atoms with Crippen molar-refractivity contribution in [3.63, 3.8) is 0 Å². The van der Waals surface area contributed by atoms with Crippen molar-refractivity contribution in [1.82, 2.24) is 0 Å². The molecule has 3 rings (SSSR count). The number of halogens is 1. The van der Waals surface area contributed by atoms with Gasteiger partial charge in [-0.2, -0.15) is 0 Å². The van der Waals surface area contributed by atoms with Gasteiger partial charge in [-0.05, 0) is 72.2 Å². The number of nitrogens with zero attached hydrogens (tertiary/aromatic N) is 1. The van der Waals surface area contributed by atoms with Crippen molar-refractivity contribution >= 4 is 17.4 Å². The molecule has 0 radical (unpaired) electrons. The Bertz CT molecular complexity index is 971. The van der Waals surface area contributed by atoms with Crippen molar-refractivity contribution < 1.29 is 4.39 Å². The number of aliphatic imine (C=N–C) groups is 1. The Kier molecular flexibility index (Phi) is 7.13. The Morgan fingerprint density at radius 2 is 1.72 bits per heavy atom. The Morgan fingerprint density at radius 1 is 1.00 bits per heavy atom. The summed E-state index contributed by atoms with van der Waals surface area (Å²) in [7, 11) is 0. The minimum Gasteiger partial charge on any atom is -0.253 e. The van der Waals surface area contributed by atoms with Gasteiger partial charge < -0.3 is 0 Å². The monoisotopic (exact) mass is 385 g/mol. The second kappa shape index (κ2) is 9.97. The first kappa shape index (κ1) is 20.7. The molecule has 29 heavy (non-hydrogen) atoms. The zero-order chi connectivity index (χ0) is 20.6. The van der Waals surface area contributed by atoms with Crippen LogP contribution in [0.1, 0.15) is 44.7 Å². The topological polar surface area (TPSA) is 12.4 Å². The summed E-state index contributed by atoms with van der Waals surface area (Å²) in [6.07, 6.45) is 12.9. The van der Waals surface area contributed by atoms with Crippen molar-refractivity contribution in [1.29, 1.82) is 0 Å². The molecule has 0 N–H and O–H groups in total. The number of rotatable bonds is 6. The summed E-state index contributed by atoms with van der Waals surface area (Å²) in [5.74, 6) is 0.140. The standard InChI is InChI=1S/C27H28FN/c1-20(2)18-26(21(3)29-25-12-8-5-9-13-25)27(23-10-6-4-7-11-23)19-22-14-16-24(28)17-15-22/h4,6-8,10-20H,5,9H2,1-3H3/b26-18+,27-19+,29-21?. The predicted molar refractivity (Wildman–Crippen MR) is 123 cm³/mol. The SMILES string of the molecule is CC(=NC1=CCCC=C1)C(=C\C(C)C)/C(=C/c1ccc(F)cc1)c1ccccc1. The Balaban J connectivity index is 2.13. The van der Waals surface area contributed by atoms with E-state index in [2.05, 4.69) is 63.3 Å². The van der Waals surface area contributed by atoms with Crippen molar-refractivity contribution in [3.05, 3.63) is 107 Å². The van der Waals surface area contributed by atoms with Gasteiger partial charge in [-0.3, -0.25) is 4.99 Å². The third-order valence-corrected chi connectivity index (χ3v) is 4.72. The van der Waals surface area contributed by atoms with Gasteiger partial charge in [0, 0.05) is 5.71 Å². The molecule has 0 spiro atoms. The fourth-order valence-corrected chi connectivity index (χ4v) is 3.33. The average Bonchev–Trinajstić information content (AvgIpc) is 2.73. The highest BCUT2D eigenvalue weighted by Gasteiger charge is 2.13. The second-order valence-electron chi connectivity index (χ2n) is 7.61. The molecule has 0 aliphatic heterocycles. The van der Waals surface area contributed by atoms with Gasteiger partial charge in [-0.25, -0.2) is 4.39 Å². The Labute approximate surface area is 173 Å². The van der Waals surface area contributed by atoms with Gasteiger partial charge in [-0.1, -0.05) is 74.5 Å². The molecule has 0 saturated carbocycles. The molecule has 2 heteroatoms. The van der Waals surface area contributed by atoms with Crippen LogP contribution < -0.4 is 0 Å². The third kappa shape index (κ3) is 5.99. The van der Waals surface area contributed by atoms with E-state index in [1.165, 1.54) is 12.1 Å². The van der Waals surface area contributed by atoms with E-state index in [1.54, 1.807) is 0 Å². The zero-order valence-corrected chi connectivity index (χ0v) is 17.4. The molecule has 0 aromatic heterocycles. The van der Waals surface area contributed by atoms with E-state index < -0.39 is 0 Å². The fourth-order valence-electron chi connectivity index (χ4n) is 3.33. The summed E-state index contributed by atoms with van der Waals surface area (Å²) < 4.78 is 13.4. The molecular weight excluding hydrogens is 357 g/mol. The molecule has 1 aliphatic carbocycles. The van der Waals surface area contributed by atoms with Gasteiger partial charge in [0.1, 0.15) is 5.82 Å². The van der Waals surface area contributed by atoms with Crippen LogP contribution in [0, 0.1) is 11.7 Å². The Hall–Kier alpha value is -3.00. The first-order valence-electron chi connectivity index (χ1n) is 10.2. The molecular formula is C27H28FN. The van der Waals surface area contributed by atoms with E-state index in [9.17, 15) is 4.39 Å². The van der Waals surface area contributed by atoms with Gasteiger partial charge in [0.2, 0.25) is 0 Å². The lowest BCUT2D eigenvalue weighted by Crippen LogP contribution is -2.04. The third-order valence-electron chi connectivity index (χ3n) is 4.72. The number of allylic oxidation sites excluding steroid dienone is 6. The van der Waals surface area contributed by atoms with Crippen LogP contribution in [0.2, 0.25) is 0 Å². The van der Waals surface area contributed by atoms with Crippen molar-refractivity contribution in [2.24, 2.45) is 10.9 Å². The molecule has 148 valence electrons. The first-order chi connectivity index (χ1) is 14.0. The minimum atomic E-state index is -0.227. The Morgan fingerprint density at radius 3 is 2.34 bits per heavy atom. The van der Waals surface area contributed by atoms with Crippen molar-refractivity contribution in [2.45, 2.75) is 33.6 Å². The largest absolute Gasteiger partial charge is 0.253 e. The number of hydrogen-bond acceptors (Lipinski definition) is 1. The quantitative estimate of drug-likeness (QED) is 0.275. The van der Waals surface area contributed by atoms with Crippen molar-refractivity contribution in [2.75, 3.05) is 0 Å². The van der Waals surface area contributed by atoms with Crippen LogP contribution in [0.15, 0.2) is 95.2 Å². The van der Waals surface area contributed by atoms with Crippen LogP contribution >= 0.6 is 0 Å². The van der Waals surface area contributed by atoms with Crippen LogP contribution in [0.25, 0.3) is 11.6 Å². The molecule has 0 atom stereocenters. The minimum absolute atomic E-state index is 0.227. The molecule has 2 aromatic carbocycles. The normalized spacial score (nSPS) is 15.6. The van der Waals surface area contributed by atoms with E-state index in [1.807, 2.05) is 30.3 Å². The van der Waals surface area contributed by atoms with Gasteiger partial charge in [-0.15, -0.1) is 0 Å². The molecule has 0 unspecified atom stereocenters. The number of hydrogen-bond donors (Lipinski definition) is 0. The highest BCUT2D eigenvalue weighted by Crippen LogP contribution is 2.29. The maximum atomic E-state index is 13.4. The summed E-state index contributed by atoms with van der Waals surface area (Å²) >= 11 is 0. The van der Waals surface area contributed by atoms with E-state index in [0.29, 0.717) is 5.92 Å².